The second-order valence-corrected chi connectivity index (χ2v) is 6.29. The van der Waals surface area contributed by atoms with Gasteiger partial charge in [-0.3, -0.25) is 0 Å². The molecule has 0 aliphatic heterocycles. The molecule has 2 aromatic rings. The Morgan fingerprint density at radius 3 is 2.43 bits per heavy atom. The second-order valence-electron chi connectivity index (χ2n) is 6.29. The molecule has 3 heteroatoms. The highest BCUT2D eigenvalue weighted by atomic mass is 16.5. The van der Waals surface area contributed by atoms with Crippen LogP contribution in [-0.4, -0.2) is 17.3 Å². The lowest BCUT2D eigenvalue weighted by atomic mass is 9.93. The van der Waals surface area contributed by atoms with Crippen LogP contribution in [0.15, 0.2) is 36.4 Å². The van der Waals surface area contributed by atoms with Crippen LogP contribution in [0, 0.1) is 5.92 Å². The van der Waals surface area contributed by atoms with Crippen molar-refractivity contribution in [2.45, 2.75) is 39.3 Å². The third-order valence-corrected chi connectivity index (χ3v) is 4.15. The zero-order valence-electron chi connectivity index (χ0n) is 13.3. The summed E-state index contributed by atoms with van der Waals surface area (Å²) in [7, 11) is 0. The van der Waals surface area contributed by atoms with Crippen molar-refractivity contribution >= 4 is 10.8 Å². The number of fused-ring (bicyclic) bond motifs is 1. The van der Waals surface area contributed by atoms with Crippen molar-refractivity contribution in [2.24, 2.45) is 11.7 Å². The van der Waals surface area contributed by atoms with Crippen LogP contribution >= 0.6 is 0 Å². The van der Waals surface area contributed by atoms with Gasteiger partial charge in [0.2, 0.25) is 0 Å². The molecule has 0 aromatic heterocycles. The van der Waals surface area contributed by atoms with E-state index in [1.54, 1.807) is 6.92 Å². The van der Waals surface area contributed by atoms with Gasteiger partial charge in [0.15, 0.2) is 0 Å². The Balaban J connectivity index is 2.42. The zero-order chi connectivity index (χ0) is 15.6. The number of rotatable bonds is 5. The van der Waals surface area contributed by atoms with Crippen LogP contribution in [-0.2, 0) is 0 Å². The normalized spacial score (nSPS) is 16.0. The fraction of sp³-hybridized carbons (Fsp3) is 0.444. The molecule has 0 amide bonds. The van der Waals surface area contributed by atoms with Crippen molar-refractivity contribution in [1.29, 1.82) is 0 Å². The van der Waals surface area contributed by atoms with E-state index in [4.69, 9.17) is 10.5 Å². The van der Waals surface area contributed by atoms with E-state index in [1.165, 1.54) is 0 Å². The summed E-state index contributed by atoms with van der Waals surface area (Å²) >= 11 is 0. The van der Waals surface area contributed by atoms with Gasteiger partial charge in [0, 0.05) is 17.0 Å². The topological polar surface area (TPSA) is 55.5 Å². The summed E-state index contributed by atoms with van der Waals surface area (Å²) in [6.45, 7) is 7.96. The van der Waals surface area contributed by atoms with Gasteiger partial charge in [0.05, 0.1) is 5.60 Å². The fourth-order valence-electron chi connectivity index (χ4n) is 2.16. The first kappa shape index (κ1) is 15.8. The average molecular weight is 287 g/mol. The first-order valence-electron chi connectivity index (χ1n) is 7.45. The molecule has 3 N–H and O–H groups in total. The summed E-state index contributed by atoms with van der Waals surface area (Å²) < 4.78 is 6.01. The van der Waals surface area contributed by atoms with Crippen LogP contribution in [0.4, 0.5) is 0 Å². The van der Waals surface area contributed by atoms with E-state index in [9.17, 15) is 5.11 Å². The molecule has 21 heavy (non-hydrogen) atoms. The number of benzene rings is 2. The number of ether oxygens (including phenoxy) is 1. The number of aliphatic hydroxyl groups is 1. The minimum absolute atomic E-state index is 0.117. The van der Waals surface area contributed by atoms with Gasteiger partial charge in [0.25, 0.3) is 0 Å². The Bertz CT molecular complexity index is 618. The van der Waals surface area contributed by atoms with Gasteiger partial charge in [0.1, 0.15) is 12.4 Å². The summed E-state index contributed by atoms with van der Waals surface area (Å²) in [5, 5.41) is 12.5. The Hall–Kier alpha value is -1.58. The molecule has 0 aliphatic carbocycles. The molecule has 0 spiro atoms. The van der Waals surface area contributed by atoms with Crippen molar-refractivity contribution < 1.29 is 9.84 Å². The first-order valence-corrected chi connectivity index (χ1v) is 7.45. The maximum Gasteiger partial charge on any atom is 0.132 e. The number of hydrogen-bond acceptors (Lipinski definition) is 3. The zero-order valence-corrected chi connectivity index (χ0v) is 13.3. The molecule has 0 radical (unpaired) electrons. The summed E-state index contributed by atoms with van der Waals surface area (Å²) in [5.41, 5.74) is 6.16. The standard InChI is InChI=1S/C18H25NO2/c1-12(2)18(4,20)11-21-17-15(13(3)19)10-9-14-7-5-6-8-16(14)17/h5-10,12-13,20H,11,19H2,1-4H3. The van der Waals surface area contributed by atoms with E-state index in [-0.39, 0.29) is 18.6 Å². The molecule has 0 bridgehead atoms. The second kappa shape index (κ2) is 6.04. The molecule has 0 fully saturated rings. The van der Waals surface area contributed by atoms with Crippen LogP contribution in [0.2, 0.25) is 0 Å². The van der Waals surface area contributed by atoms with Gasteiger partial charge in [-0.2, -0.15) is 0 Å². The highest BCUT2D eigenvalue weighted by molar-refractivity contribution is 5.89. The lowest BCUT2D eigenvalue weighted by molar-refractivity contribution is -0.0265. The fourth-order valence-corrected chi connectivity index (χ4v) is 2.16. The Morgan fingerprint density at radius 1 is 1.14 bits per heavy atom. The minimum Gasteiger partial charge on any atom is -0.490 e. The SMILES string of the molecule is CC(N)c1ccc2ccccc2c1OCC(C)(O)C(C)C. The lowest BCUT2D eigenvalue weighted by Crippen LogP contribution is -2.38. The highest BCUT2D eigenvalue weighted by Crippen LogP contribution is 2.34. The molecule has 2 rings (SSSR count). The summed E-state index contributed by atoms with van der Waals surface area (Å²) in [5.74, 6) is 0.898. The number of hydrogen-bond donors (Lipinski definition) is 2. The Morgan fingerprint density at radius 2 is 1.81 bits per heavy atom. The Kier molecular flexibility index (Phi) is 4.55. The molecule has 0 saturated heterocycles. The lowest BCUT2D eigenvalue weighted by Gasteiger charge is -2.28. The van der Waals surface area contributed by atoms with Gasteiger partial charge in [-0.15, -0.1) is 0 Å². The van der Waals surface area contributed by atoms with E-state index < -0.39 is 5.60 Å². The van der Waals surface area contributed by atoms with Crippen molar-refractivity contribution in [3.8, 4) is 5.75 Å². The van der Waals surface area contributed by atoms with Crippen molar-refractivity contribution in [2.75, 3.05) is 6.61 Å². The van der Waals surface area contributed by atoms with Crippen molar-refractivity contribution in [3.05, 3.63) is 42.0 Å². The summed E-state index contributed by atoms with van der Waals surface area (Å²) in [4.78, 5) is 0. The molecular weight excluding hydrogens is 262 g/mol. The van der Waals surface area contributed by atoms with Crippen molar-refractivity contribution in [1.82, 2.24) is 0 Å². The van der Waals surface area contributed by atoms with Gasteiger partial charge >= 0.3 is 0 Å². The highest BCUT2D eigenvalue weighted by Gasteiger charge is 2.26. The molecule has 2 aromatic carbocycles. The molecule has 114 valence electrons. The van der Waals surface area contributed by atoms with E-state index in [0.717, 1.165) is 22.1 Å². The molecule has 2 atom stereocenters. The van der Waals surface area contributed by atoms with Gasteiger partial charge < -0.3 is 15.6 Å². The van der Waals surface area contributed by atoms with Crippen LogP contribution in [0.1, 0.15) is 39.3 Å². The third kappa shape index (κ3) is 3.36. The average Bonchev–Trinajstić information content (AvgIpc) is 2.44. The van der Waals surface area contributed by atoms with Crippen molar-refractivity contribution in [3.63, 3.8) is 0 Å². The quantitative estimate of drug-likeness (QED) is 0.882. The van der Waals surface area contributed by atoms with E-state index in [1.807, 2.05) is 51.1 Å². The Labute approximate surface area is 126 Å². The van der Waals surface area contributed by atoms with E-state index in [2.05, 4.69) is 6.07 Å². The third-order valence-electron chi connectivity index (χ3n) is 4.15. The molecule has 0 heterocycles. The van der Waals surface area contributed by atoms with Gasteiger partial charge in [-0.1, -0.05) is 50.2 Å². The van der Waals surface area contributed by atoms with Crippen LogP contribution < -0.4 is 10.5 Å². The van der Waals surface area contributed by atoms with Crippen LogP contribution in [0.3, 0.4) is 0 Å². The number of nitrogens with two attached hydrogens (primary N) is 1. The smallest absolute Gasteiger partial charge is 0.132 e. The van der Waals surface area contributed by atoms with Crippen LogP contribution in [0.25, 0.3) is 10.8 Å². The maximum absolute atomic E-state index is 10.4. The van der Waals surface area contributed by atoms with Crippen LogP contribution in [0.5, 0.6) is 5.75 Å². The maximum atomic E-state index is 10.4. The van der Waals surface area contributed by atoms with Gasteiger partial charge in [-0.25, -0.2) is 0 Å². The first-order chi connectivity index (χ1) is 9.83. The summed E-state index contributed by atoms with van der Waals surface area (Å²) in [6, 6.07) is 12.0. The van der Waals surface area contributed by atoms with Gasteiger partial charge in [-0.05, 0) is 25.2 Å². The predicted octanol–water partition coefficient (Wildman–Crippen LogP) is 3.65. The van der Waals surface area contributed by atoms with E-state index in [0.29, 0.717) is 0 Å². The molecule has 0 aliphatic rings. The monoisotopic (exact) mass is 287 g/mol. The molecule has 3 nitrogen and oxygen atoms in total. The minimum atomic E-state index is -0.869. The summed E-state index contributed by atoms with van der Waals surface area (Å²) in [6.07, 6.45) is 0. The largest absolute Gasteiger partial charge is 0.490 e. The predicted molar refractivity (Wildman–Crippen MR) is 87.5 cm³/mol. The van der Waals surface area contributed by atoms with E-state index >= 15 is 0 Å². The molecular formula is C18H25NO2. The molecule has 0 saturated carbocycles. The molecule has 2 unspecified atom stereocenters.